The Morgan fingerprint density at radius 3 is 2.61 bits per heavy atom. The van der Waals surface area contributed by atoms with Crippen LogP contribution in [0.5, 0.6) is 0 Å². The lowest BCUT2D eigenvalue weighted by molar-refractivity contribution is -0.146. The largest absolute Gasteiger partial charge is 0.469 e. The zero-order valence-electron chi connectivity index (χ0n) is 16.7. The number of rotatable bonds is 7. The van der Waals surface area contributed by atoms with Gasteiger partial charge in [-0.25, -0.2) is 4.39 Å². The second-order valence-electron chi connectivity index (χ2n) is 6.90. The van der Waals surface area contributed by atoms with Crippen LogP contribution < -0.4 is 10.6 Å². The number of benzene rings is 1. The first-order valence-electron chi connectivity index (χ1n) is 9.56. The fourth-order valence-electron chi connectivity index (χ4n) is 3.23. The van der Waals surface area contributed by atoms with E-state index in [0.717, 1.165) is 18.1 Å². The quantitative estimate of drug-likeness (QED) is 0.315. The number of guanidine groups is 1. The minimum Gasteiger partial charge on any atom is -0.469 e. The number of nitrogens with one attached hydrogen (secondary N) is 2. The van der Waals surface area contributed by atoms with Crippen LogP contribution in [-0.4, -0.2) is 62.6 Å². The van der Waals surface area contributed by atoms with Gasteiger partial charge >= 0.3 is 5.97 Å². The summed E-state index contributed by atoms with van der Waals surface area (Å²) in [4.78, 5) is 30.5. The normalized spacial score (nSPS) is 19.4. The topological polar surface area (TPSA) is 83.0 Å². The number of methoxy groups -OCH3 is 1. The van der Waals surface area contributed by atoms with Gasteiger partial charge in [-0.05, 0) is 30.5 Å². The molecule has 1 aromatic carbocycles. The molecule has 0 spiro atoms. The molecule has 1 aromatic rings. The highest BCUT2D eigenvalue weighted by atomic mass is 19.1. The third-order valence-electron chi connectivity index (χ3n) is 4.72. The summed E-state index contributed by atoms with van der Waals surface area (Å²) in [6, 6.07) is 5.88. The first-order chi connectivity index (χ1) is 13.4. The molecule has 2 rings (SSSR count). The molecular weight excluding hydrogens is 363 g/mol. The molecule has 1 aliphatic heterocycles. The zero-order chi connectivity index (χ0) is 20.5. The minimum absolute atomic E-state index is 0.132. The maximum absolute atomic E-state index is 12.9. The molecule has 1 heterocycles. The third kappa shape index (κ3) is 6.21. The number of carbonyl (C=O) groups excluding carboxylic acids is 2. The molecule has 0 bridgehead atoms. The number of nitrogens with zero attached hydrogens (tertiary/aromatic N) is 2. The number of hydrogen-bond acceptors (Lipinski definition) is 4. The predicted molar refractivity (Wildman–Crippen MR) is 105 cm³/mol. The molecule has 154 valence electrons. The molecule has 0 aromatic heterocycles. The number of halogens is 1. The molecule has 0 aliphatic carbocycles. The molecule has 0 saturated carbocycles. The SMILES string of the molecule is CCNC(=NCCNC(=O)Cc1ccc(F)cc1)N1CC(C)C(C(=O)OC)C1. The van der Waals surface area contributed by atoms with E-state index in [2.05, 4.69) is 20.5 Å². The van der Waals surface area contributed by atoms with Crippen LogP contribution in [0.1, 0.15) is 19.4 Å². The van der Waals surface area contributed by atoms with Gasteiger partial charge in [0.15, 0.2) is 5.96 Å². The number of likely N-dealkylation sites (tertiary alicyclic amines) is 1. The van der Waals surface area contributed by atoms with Crippen molar-refractivity contribution in [3.05, 3.63) is 35.6 Å². The summed E-state index contributed by atoms with van der Waals surface area (Å²) in [5, 5.41) is 6.05. The lowest BCUT2D eigenvalue weighted by Crippen LogP contribution is -2.41. The van der Waals surface area contributed by atoms with Crippen LogP contribution in [0.2, 0.25) is 0 Å². The molecule has 2 unspecified atom stereocenters. The van der Waals surface area contributed by atoms with E-state index < -0.39 is 0 Å². The molecular formula is C20H29FN4O3. The standard InChI is InChI=1S/C20H29FN4O3/c1-4-22-20(25-12-14(2)17(13-25)19(27)28-3)24-10-9-23-18(26)11-15-5-7-16(21)8-6-15/h5-8,14,17H,4,9-13H2,1-3H3,(H,22,24)(H,23,26). The summed E-state index contributed by atoms with van der Waals surface area (Å²) < 4.78 is 17.8. The second-order valence-corrected chi connectivity index (χ2v) is 6.90. The van der Waals surface area contributed by atoms with E-state index in [1.165, 1.54) is 19.2 Å². The Kier molecular flexibility index (Phi) is 8.22. The monoisotopic (exact) mass is 392 g/mol. The number of esters is 1. The predicted octanol–water partition coefficient (Wildman–Crippen LogP) is 1.19. The van der Waals surface area contributed by atoms with Gasteiger partial charge < -0.3 is 20.3 Å². The summed E-state index contributed by atoms with van der Waals surface area (Å²) >= 11 is 0. The van der Waals surface area contributed by atoms with Crippen LogP contribution in [0.25, 0.3) is 0 Å². The molecule has 1 fully saturated rings. The van der Waals surface area contributed by atoms with Gasteiger partial charge in [0, 0.05) is 26.2 Å². The first kappa shape index (κ1) is 21.7. The van der Waals surface area contributed by atoms with E-state index in [-0.39, 0.29) is 36.0 Å². The summed E-state index contributed by atoms with van der Waals surface area (Å²) in [6.07, 6.45) is 0.203. The molecule has 1 amide bonds. The molecule has 2 N–H and O–H groups in total. The van der Waals surface area contributed by atoms with Crippen molar-refractivity contribution in [1.82, 2.24) is 15.5 Å². The van der Waals surface area contributed by atoms with Crippen molar-refractivity contribution < 1.29 is 18.7 Å². The van der Waals surface area contributed by atoms with Gasteiger partial charge in [-0.15, -0.1) is 0 Å². The zero-order valence-corrected chi connectivity index (χ0v) is 16.7. The summed E-state index contributed by atoms with van der Waals surface area (Å²) in [5.74, 6) is 0.107. The Labute approximate surface area is 165 Å². The molecule has 2 atom stereocenters. The highest BCUT2D eigenvalue weighted by Gasteiger charge is 2.36. The van der Waals surface area contributed by atoms with E-state index in [1.807, 2.05) is 13.8 Å². The Morgan fingerprint density at radius 2 is 1.96 bits per heavy atom. The number of aliphatic imine (C=N–C) groups is 1. The van der Waals surface area contributed by atoms with Gasteiger partial charge in [0.05, 0.1) is 26.0 Å². The van der Waals surface area contributed by atoms with Crippen molar-refractivity contribution in [2.24, 2.45) is 16.8 Å². The fraction of sp³-hybridized carbons (Fsp3) is 0.550. The average Bonchev–Trinajstić information content (AvgIpc) is 3.07. The summed E-state index contributed by atoms with van der Waals surface area (Å²) in [7, 11) is 1.41. The molecule has 8 heteroatoms. The van der Waals surface area contributed by atoms with Crippen molar-refractivity contribution in [2.45, 2.75) is 20.3 Å². The lowest BCUT2D eigenvalue weighted by atomic mass is 9.99. The molecule has 0 radical (unpaired) electrons. The number of amides is 1. The van der Waals surface area contributed by atoms with Crippen molar-refractivity contribution in [3.63, 3.8) is 0 Å². The van der Waals surface area contributed by atoms with Gasteiger partial charge in [-0.3, -0.25) is 14.6 Å². The van der Waals surface area contributed by atoms with E-state index in [9.17, 15) is 14.0 Å². The van der Waals surface area contributed by atoms with Gasteiger partial charge in [-0.1, -0.05) is 19.1 Å². The van der Waals surface area contributed by atoms with Gasteiger partial charge in [0.25, 0.3) is 0 Å². The summed E-state index contributed by atoms with van der Waals surface area (Å²) in [5.41, 5.74) is 0.760. The Hall–Kier alpha value is -2.64. The van der Waals surface area contributed by atoms with Crippen LogP contribution >= 0.6 is 0 Å². The van der Waals surface area contributed by atoms with Crippen LogP contribution in [0.3, 0.4) is 0 Å². The van der Waals surface area contributed by atoms with Crippen LogP contribution in [0.4, 0.5) is 4.39 Å². The maximum atomic E-state index is 12.9. The maximum Gasteiger partial charge on any atom is 0.310 e. The van der Waals surface area contributed by atoms with Crippen molar-refractivity contribution in [3.8, 4) is 0 Å². The first-order valence-corrected chi connectivity index (χ1v) is 9.56. The Morgan fingerprint density at radius 1 is 1.25 bits per heavy atom. The third-order valence-corrected chi connectivity index (χ3v) is 4.72. The number of carbonyl (C=O) groups is 2. The van der Waals surface area contributed by atoms with Crippen molar-refractivity contribution >= 4 is 17.8 Å². The fourth-order valence-corrected chi connectivity index (χ4v) is 3.23. The van der Waals surface area contributed by atoms with Crippen molar-refractivity contribution in [2.75, 3.05) is 39.8 Å². The van der Waals surface area contributed by atoms with E-state index in [4.69, 9.17) is 4.74 Å². The Balaban J connectivity index is 1.83. The lowest BCUT2D eigenvalue weighted by Gasteiger charge is -2.21. The highest BCUT2D eigenvalue weighted by Crippen LogP contribution is 2.24. The minimum atomic E-state index is -0.319. The average molecular weight is 392 g/mol. The van der Waals surface area contributed by atoms with E-state index in [0.29, 0.717) is 26.2 Å². The van der Waals surface area contributed by atoms with E-state index in [1.54, 1.807) is 12.1 Å². The summed E-state index contributed by atoms with van der Waals surface area (Å²) in [6.45, 7) is 6.84. The van der Waals surface area contributed by atoms with Crippen LogP contribution in [0, 0.1) is 17.7 Å². The van der Waals surface area contributed by atoms with Crippen LogP contribution in [-0.2, 0) is 20.7 Å². The van der Waals surface area contributed by atoms with Gasteiger partial charge in [0.1, 0.15) is 5.82 Å². The molecule has 1 aliphatic rings. The van der Waals surface area contributed by atoms with Gasteiger partial charge in [0.2, 0.25) is 5.91 Å². The van der Waals surface area contributed by atoms with Crippen molar-refractivity contribution in [1.29, 1.82) is 0 Å². The molecule has 28 heavy (non-hydrogen) atoms. The number of ether oxygens (including phenoxy) is 1. The molecule has 1 saturated heterocycles. The second kappa shape index (κ2) is 10.6. The van der Waals surface area contributed by atoms with E-state index >= 15 is 0 Å². The number of hydrogen-bond donors (Lipinski definition) is 2. The Bertz CT molecular complexity index is 693. The smallest absolute Gasteiger partial charge is 0.310 e. The molecule has 7 nitrogen and oxygen atoms in total. The van der Waals surface area contributed by atoms with Gasteiger partial charge in [-0.2, -0.15) is 0 Å². The highest BCUT2D eigenvalue weighted by molar-refractivity contribution is 5.82. The van der Waals surface area contributed by atoms with Crippen LogP contribution in [0.15, 0.2) is 29.3 Å².